The summed E-state index contributed by atoms with van der Waals surface area (Å²) in [6.07, 6.45) is 2.15. The summed E-state index contributed by atoms with van der Waals surface area (Å²) in [5, 5.41) is 2.85. The molecule has 0 bridgehead atoms. The van der Waals surface area contributed by atoms with Crippen LogP contribution in [0.2, 0.25) is 0 Å². The van der Waals surface area contributed by atoms with Crippen LogP contribution in [-0.4, -0.2) is 35.6 Å². The Balaban J connectivity index is 1.94. The van der Waals surface area contributed by atoms with E-state index in [0.29, 0.717) is 16.4 Å². The summed E-state index contributed by atoms with van der Waals surface area (Å²) >= 11 is 4.75. The fourth-order valence-corrected chi connectivity index (χ4v) is 2.00. The molecule has 19 heavy (non-hydrogen) atoms. The minimum absolute atomic E-state index is 0.0657. The van der Waals surface area contributed by atoms with E-state index < -0.39 is 0 Å². The van der Waals surface area contributed by atoms with Crippen molar-refractivity contribution in [3.8, 4) is 5.75 Å². The van der Waals surface area contributed by atoms with Crippen molar-refractivity contribution in [2.45, 2.75) is 12.8 Å². The van der Waals surface area contributed by atoms with Crippen molar-refractivity contribution in [2.75, 3.05) is 25.0 Å². The number of carbonyl (C=O) groups excluding carboxylic acids is 1. The van der Waals surface area contributed by atoms with Crippen molar-refractivity contribution in [2.24, 2.45) is 5.73 Å². The van der Waals surface area contributed by atoms with Crippen molar-refractivity contribution in [3.05, 3.63) is 24.3 Å². The number of urea groups is 1. The van der Waals surface area contributed by atoms with E-state index in [1.54, 1.807) is 12.1 Å². The molecule has 1 aromatic rings. The summed E-state index contributed by atoms with van der Waals surface area (Å²) in [6.45, 7) is 1.84. The van der Waals surface area contributed by atoms with Crippen LogP contribution in [0.5, 0.6) is 5.75 Å². The first-order valence-electron chi connectivity index (χ1n) is 6.22. The Labute approximate surface area is 117 Å². The predicted octanol–water partition coefficient (Wildman–Crippen LogP) is 1.98. The molecule has 0 atom stereocenters. The third-order valence-corrected chi connectivity index (χ3v) is 2.98. The molecule has 2 amide bonds. The molecule has 2 rings (SSSR count). The van der Waals surface area contributed by atoms with Crippen LogP contribution >= 0.6 is 12.2 Å². The molecular formula is C13H17N3O2S. The second kappa shape index (κ2) is 6.38. The molecule has 1 fully saturated rings. The number of amides is 2. The van der Waals surface area contributed by atoms with Gasteiger partial charge in [0, 0.05) is 24.8 Å². The van der Waals surface area contributed by atoms with Gasteiger partial charge >= 0.3 is 6.03 Å². The number of nitrogens with two attached hydrogens (primary N) is 1. The molecule has 0 unspecified atom stereocenters. The summed E-state index contributed by atoms with van der Waals surface area (Å²) in [4.78, 5) is 14.0. The first-order chi connectivity index (χ1) is 9.15. The van der Waals surface area contributed by atoms with E-state index in [0.717, 1.165) is 25.9 Å². The number of likely N-dealkylation sites (tertiary alicyclic amines) is 1. The number of hydrogen-bond acceptors (Lipinski definition) is 3. The van der Waals surface area contributed by atoms with Crippen molar-refractivity contribution in [1.82, 2.24) is 4.90 Å². The zero-order valence-electron chi connectivity index (χ0n) is 10.6. The topological polar surface area (TPSA) is 67.6 Å². The lowest BCUT2D eigenvalue weighted by molar-refractivity contribution is 0.222. The first-order valence-corrected chi connectivity index (χ1v) is 6.63. The Kier molecular flexibility index (Phi) is 4.57. The van der Waals surface area contributed by atoms with Gasteiger partial charge in [-0.2, -0.15) is 0 Å². The van der Waals surface area contributed by atoms with Crippen molar-refractivity contribution in [3.63, 3.8) is 0 Å². The highest BCUT2D eigenvalue weighted by atomic mass is 32.1. The summed E-state index contributed by atoms with van der Waals surface area (Å²) < 4.78 is 5.38. The normalized spacial score (nSPS) is 14.2. The number of thiocarbonyl (C=S) groups is 1. The molecule has 0 aliphatic carbocycles. The monoisotopic (exact) mass is 279 g/mol. The largest absolute Gasteiger partial charge is 0.486 e. The highest BCUT2D eigenvalue weighted by Crippen LogP contribution is 2.18. The average molecular weight is 279 g/mol. The number of benzene rings is 1. The van der Waals surface area contributed by atoms with Crippen LogP contribution in [0.25, 0.3) is 0 Å². The average Bonchev–Trinajstić information content (AvgIpc) is 2.91. The molecule has 0 radical (unpaired) electrons. The van der Waals surface area contributed by atoms with Gasteiger partial charge in [0.2, 0.25) is 0 Å². The van der Waals surface area contributed by atoms with Gasteiger partial charge in [0.25, 0.3) is 0 Å². The SMILES string of the molecule is NC(=S)COc1cccc(NC(=O)N2CCCC2)c1. The molecule has 0 aromatic heterocycles. The van der Waals surface area contributed by atoms with Crippen LogP contribution in [0.15, 0.2) is 24.3 Å². The molecule has 0 saturated carbocycles. The maximum atomic E-state index is 11.9. The number of anilines is 1. The van der Waals surface area contributed by atoms with Crippen molar-refractivity contribution in [1.29, 1.82) is 0 Å². The Hall–Kier alpha value is -1.82. The number of hydrogen-bond donors (Lipinski definition) is 2. The number of carbonyl (C=O) groups is 1. The number of nitrogens with zero attached hydrogens (tertiary/aromatic N) is 1. The molecule has 5 nitrogen and oxygen atoms in total. The highest BCUT2D eigenvalue weighted by molar-refractivity contribution is 7.80. The van der Waals surface area contributed by atoms with Gasteiger partial charge in [0.15, 0.2) is 0 Å². The molecule has 0 spiro atoms. The van der Waals surface area contributed by atoms with Crippen LogP contribution in [-0.2, 0) is 0 Å². The minimum Gasteiger partial charge on any atom is -0.486 e. The Bertz CT molecular complexity index is 473. The molecule has 1 heterocycles. The van der Waals surface area contributed by atoms with E-state index in [1.165, 1.54) is 0 Å². The molecule has 1 aliphatic rings. The number of ether oxygens (including phenoxy) is 1. The maximum absolute atomic E-state index is 11.9. The van der Waals surface area contributed by atoms with E-state index in [9.17, 15) is 4.79 Å². The number of rotatable bonds is 4. The fourth-order valence-electron chi connectivity index (χ4n) is 1.94. The third-order valence-electron chi connectivity index (χ3n) is 2.86. The molecule has 1 saturated heterocycles. The molecule has 102 valence electrons. The zero-order valence-corrected chi connectivity index (χ0v) is 11.4. The molecule has 1 aliphatic heterocycles. The van der Waals surface area contributed by atoms with Gasteiger partial charge in [-0.15, -0.1) is 0 Å². The van der Waals surface area contributed by atoms with Gasteiger partial charge in [-0.1, -0.05) is 18.3 Å². The lowest BCUT2D eigenvalue weighted by Gasteiger charge is -2.16. The van der Waals surface area contributed by atoms with E-state index >= 15 is 0 Å². The molecular weight excluding hydrogens is 262 g/mol. The zero-order chi connectivity index (χ0) is 13.7. The summed E-state index contributed by atoms with van der Waals surface area (Å²) in [6, 6.07) is 7.12. The van der Waals surface area contributed by atoms with Crippen LogP contribution < -0.4 is 15.8 Å². The van der Waals surface area contributed by atoms with Crippen LogP contribution in [0.1, 0.15) is 12.8 Å². The van der Waals surface area contributed by atoms with Gasteiger partial charge in [0.1, 0.15) is 17.3 Å². The predicted molar refractivity (Wildman–Crippen MR) is 78.5 cm³/mol. The number of nitrogens with one attached hydrogen (secondary N) is 1. The van der Waals surface area contributed by atoms with E-state index in [-0.39, 0.29) is 12.6 Å². The third kappa shape index (κ3) is 4.10. The highest BCUT2D eigenvalue weighted by Gasteiger charge is 2.17. The second-order valence-corrected chi connectivity index (χ2v) is 4.93. The molecule has 3 N–H and O–H groups in total. The van der Waals surface area contributed by atoms with E-state index in [2.05, 4.69) is 5.32 Å². The quantitative estimate of drug-likeness (QED) is 0.827. The van der Waals surface area contributed by atoms with Crippen molar-refractivity contribution < 1.29 is 9.53 Å². The van der Waals surface area contributed by atoms with Gasteiger partial charge in [-0.05, 0) is 25.0 Å². The summed E-state index contributed by atoms with van der Waals surface area (Å²) in [5.41, 5.74) is 6.08. The van der Waals surface area contributed by atoms with E-state index in [4.69, 9.17) is 22.7 Å². The minimum atomic E-state index is -0.0657. The Morgan fingerprint density at radius 1 is 1.42 bits per heavy atom. The smallest absolute Gasteiger partial charge is 0.321 e. The Morgan fingerprint density at radius 3 is 2.84 bits per heavy atom. The van der Waals surface area contributed by atoms with Crippen LogP contribution in [0.4, 0.5) is 10.5 Å². The summed E-state index contributed by atoms with van der Waals surface area (Å²) in [7, 11) is 0. The van der Waals surface area contributed by atoms with Gasteiger partial charge in [-0.25, -0.2) is 4.79 Å². The van der Waals surface area contributed by atoms with E-state index in [1.807, 2.05) is 17.0 Å². The first kappa shape index (κ1) is 13.6. The summed E-state index contributed by atoms with van der Waals surface area (Å²) in [5.74, 6) is 0.632. The van der Waals surface area contributed by atoms with Gasteiger partial charge < -0.3 is 20.7 Å². The molecule has 1 aromatic carbocycles. The Morgan fingerprint density at radius 2 is 2.16 bits per heavy atom. The van der Waals surface area contributed by atoms with Gasteiger partial charge in [-0.3, -0.25) is 0 Å². The van der Waals surface area contributed by atoms with Crippen LogP contribution in [0, 0.1) is 0 Å². The van der Waals surface area contributed by atoms with Gasteiger partial charge in [0.05, 0.1) is 0 Å². The lowest BCUT2D eigenvalue weighted by Crippen LogP contribution is -2.32. The lowest BCUT2D eigenvalue weighted by atomic mass is 10.3. The second-order valence-electron chi connectivity index (χ2n) is 4.41. The maximum Gasteiger partial charge on any atom is 0.321 e. The van der Waals surface area contributed by atoms with Crippen LogP contribution in [0.3, 0.4) is 0 Å². The standard InChI is InChI=1S/C13H17N3O2S/c14-12(19)9-18-11-5-3-4-10(8-11)15-13(17)16-6-1-2-7-16/h3-5,8H,1-2,6-7,9H2,(H2,14,19)(H,15,17). The molecule has 6 heteroatoms. The fraction of sp³-hybridized carbons (Fsp3) is 0.385. The van der Waals surface area contributed by atoms with Crippen molar-refractivity contribution >= 4 is 28.9 Å².